The van der Waals surface area contributed by atoms with Crippen molar-refractivity contribution in [3.63, 3.8) is 0 Å². The van der Waals surface area contributed by atoms with Gasteiger partial charge in [-0.25, -0.2) is 9.59 Å². The fraction of sp³-hybridized carbons (Fsp3) is 0.231. The van der Waals surface area contributed by atoms with Crippen LogP contribution in [0, 0.1) is 0 Å². The van der Waals surface area contributed by atoms with Gasteiger partial charge in [0.25, 0.3) is 0 Å². The third kappa shape index (κ3) is 4.96. The molecule has 164 valence electrons. The normalized spacial score (nSPS) is 14.1. The van der Waals surface area contributed by atoms with Gasteiger partial charge in [0.2, 0.25) is 0 Å². The highest BCUT2D eigenvalue weighted by atomic mass is 127. The van der Waals surface area contributed by atoms with Crippen molar-refractivity contribution < 1.29 is 19.1 Å². The van der Waals surface area contributed by atoms with Crippen molar-refractivity contribution in [1.29, 1.82) is 0 Å². The molecule has 0 aliphatic heterocycles. The number of alkyl carbamates (subject to hydrolysis) is 1. The molecule has 1 aliphatic carbocycles. The Morgan fingerprint density at radius 3 is 2.03 bits per heavy atom. The van der Waals surface area contributed by atoms with Crippen LogP contribution in [-0.2, 0) is 20.9 Å². The first-order chi connectivity index (χ1) is 15.5. The topological polar surface area (TPSA) is 64.6 Å². The first kappa shape index (κ1) is 22.3. The van der Waals surface area contributed by atoms with E-state index >= 15 is 0 Å². The number of fused-ring (bicyclic) bond motifs is 3. The van der Waals surface area contributed by atoms with E-state index in [9.17, 15) is 9.59 Å². The number of esters is 1. The third-order valence-electron chi connectivity index (χ3n) is 5.55. The van der Waals surface area contributed by atoms with Crippen LogP contribution in [0.2, 0.25) is 0 Å². The molecular formula is C26H24INO4. The molecule has 0 saturated heterocycles. The predicted octanol–water partition coefficient (Wildman–Crippen LogP) is 5.46. The van der Waals surface area contributed by atoms with E-state index in [1.54, 1.807) is 0 Å². The first-order valence-electron chi connectivity index (χ1n) is 10.5. The van der Waals surface area contributed by atoms with Gasteiger partial charge in [-0.15, -0.1) is 0 Å². The van der Waals surface area contributed by atoms with E-state index in [-0.39, 0.29) is 23.1 Å². The van der Waals surface area contributed by atoms with Crippen molar-refractivity contribution in [2.24, 2.45) is 0 Å². The molecule has 3 aromatic rings. The zero-order valence-electron chi connectivity index (χ0n) is 17.7. The van der Waals surface area contributed by atoms with Crippen molar-refractivity contribution >= 4 is 34.7 Å². The lowest BCUT2D eigenvalue weighted by atomic mass is 9.98. The van der Waals surface area contributed by atoms with E-state index in [0.717, 1.165) is 16.7 Å². The Labute approximate surface area is 201 Å². The van der Waals surface area contributed by atoms with E-state index in [2.05, 4.69) is 52.2 Å². The molecule has 0 radical (unpaired) electrons. The number of hydrogen-bond donors (Lipinski definition) is 1. The Balaban J connectivity index is 1.37. The third-order valence-corrected chi connectivity index (χ3v) is 6.27. The number of ether oxygens (including phenoxy) is 2. The van der Waals surface area contributed by atoms with Crippen molar-refractivity contribution in [2.45, 2.75) is 29.4 Å². The SMILES string of the molecule is C[C@H](I)[C@H](NC(=O)OCC1c2ccccc2-c2ccccc21)C(=O)OCc1ccccc1. The highest BCUT2D eigenvalue weighted by molar-refractivity contribution is 14.1. The minimum atomic E-state index is -0.796. The minimum Gasteiger partial charge on any atom is -0.459 e. The molecule has 1 amide bonds. The van der Waals surface area contributed by atoms with Crippen LogP contribution < -0.4 is 5.32 Å². The van der Waals surface area contributed by atoms with Gasteiger partial charge >= 0.3 is 12.1 Å². The van der Waals surface area contributed by atoms with Crippen LogP contribution in [0.15, 0.2) is 78.9 Å². The summed E-state index contributed by atoms with van der Waals surface area (Å²) in [5.74, 6) is -0.516. The summed E-state index contributed by atoms with van der Waals surface area (Å²) in [5, 5.41) is 2.68. The van der Waals surface area contributed by atoms with Gasteiger partial charge in [-0.05, 0) is 27.8 Å². The quantitative estimate of drug-likeness (QED) is 0.245. The maximum Gasteiger partial charge on any atom is 0.407 e. The van der Waals surface area contributed by atoms with Gasteiger partial charge in [0, 0.05) is 9.84 Å². The Hall–Kier alpha value is -2.87. The lowest BCUT2D eigenvalue weighted by Crippen LogP contribution is -2.46. The molecule has 2 atom stereocenters. The number of nitrogens with one attached hydrogen (secondary N) is 1. The summed E-state index contributed by atoms with van der Waals surface area (Å²) in [7, 11) is 0. The zero-order chi connectivity index (χ0) is 22.5. The summed E-state index contributed by atoms with van der Waals surface area (Å²) < 4.78 is 10.8. The molecule has 6 heteroatoms. The molecule has 0 bridgehead atoms. The van der Waals surface area contributed by atoms with Gasteiger partial charge in [-0.1, -0.05) is 108 Å². The summed E-state index contributed by atoms with van der Waals surface area (Å²) in [6, 6.07) is 25.0. The van der Waals surface area contributed by atoms with Crippen LogP contribution in [0.25, 0.3) is 11.1 Å². The van der Waals surface area contributed by atoms with Crippen molar-refractivity contribution in [2.75, 3.05) is 6.61 Å². The highest BCUT2D eigenvalue weighted by Crippen LogP contribution is 2.44. The summed E-state index contributed by atoms with van der Waals surface area (Å²) in [6.45, 7) is 2.20. The molecule has 0 saturated carbocycles. The monoisotopic (exact) mass is 541 g/mol. The van der Waals surface area contributed by atoms with Gasteiger partial charge in [0.15, 0.2) is 0 Å². The van der Waals surface area contributed by atoms with Gasteiger partial charge in [0.1, 0.15) is 19.3 Å². The maximum absolute atomic E-state index is 12.6. The van der Waals surface area contributed by atoms with Crippen molar-refractivity contribution in [3.05, 3.63) is 95.6 Å². The molecule has 1 N–H and O–H groups in total. The lowest BCUT2D eigenvalue weighted by molar-refractivity contribution is -0.147. The molecule has 0 aromatic heterocycles. The van der Waals surface area contributed by atoms with Crippen LogP contribution in [-0.4, -0.2) is 28.6 Å². The second-order valence-corrected chi connectivity index (χ2v) is 9.68. The fourth-order valence-electron chi connectivity index (χ4n) is 3.95. The minimum absolute atomic E-state index is 0.0337. The fourth-order valence-corrected chi connectivity index (χ4v) is 4.42. The van der Waals surface area contributed by atoms with E-state index in [4.69, 9.17) is 9.47 Å². The van der Waals surface area contributed by atoms with Crippen LogP contribution in [0.1, 0.15) is 29.5 Å². The number of alkyl halides is 1. The molecule has 0 heterocycles. The lowest BCUT2D eigenvalue weighted by Gasteiger charge is -2.21. The smallest absolute Gasteiger partial charge is 0.407 e. The van der Waals surface area contributed by atoms with Gasteiger partial charge in [0.05, 0.1) is 0 Å². The highest BCUT2D eigenvalue weighted by Gasteiger charge is 2.31. The molecule has 1 aliphatic rings. The average molecular weight is 541 g/mol. The summed E-state index contributed by atoms with van der Waals surface area (Å²) in [6.07, 6.45) is -0.628. The molecule has 0 unspecified atom stereocenters. The summed E-state index contributed by atoms with van der Waals surface area (Å²) >= 11 is 2.10. The Bertz CT molecular complexity index is 1050. The van der Waals surface area contributed by atoms with Gasteiger partial charge < -0.3 is 14.8 Å². The number of amides is 1. The van der Waals surface area contributed by atoms with Crippen LogP contribution in [0.3, 0.4) is 0 Å². The Morgan fingerprint density at radius 2 is 1.44 bits per heavy atom. The second kappa shape index (κ2) is 10.2. The summed E-state index contributed by atoms with van der Waals surface area (Å²) in [4.78, 5) is 25.2. The van der Waals surface area contributed by atoms with Gasteiger partial charge in [-0.2, -0.15) is 0 Å². The summed E-state index contributed by atoms with van der Waals surface area (Å²) in [5.41, 5.74) is 5.51. The molecule has 0 fully saturated rings. The number of carbonyl (C=O) groups is 2. The molecule has 5 nitrogen and oxygen atoms in total. The van der Waals surface area contributed by atoms with Crippen molar-refractivity contribution in [3.8, 4) is 11.1 Å². The van der Waals surface area contributed by atoms with E-state index in [1.165, 1.54) is 11.1 Å². The van der Waals surface area contributed by atoms with Crippen LogP contribution in [0.4, 0.5) is 4.79 Å². The van der Waals surface area contributed by atoms with E-state index in [0.29, 0.717) is 0 Å². The van der Waals surface area contributed by atoms with Crippen LogP contribution >= 0.6 is 22.6 Å². The zero-order valence-corrected chi connectivity index (χ0v) is 19.8. The number of hydrogen-bond acceptors (Lipinski definition) is 4. The first-order valence-corrected chi connectivity index (χ1v) is 11.8. The number of halogens is 1. The van der Waals surface area contributed by atoms with E-state index < -0.39 is 18.1 Å². The maximum atomic E-state index is 12.6. The molecular weight excluding hydrogens is 517 g/mol. The largest absolute Gasteiger partial charge is 0.459 e. The number of benzene rings is 3. The van der Waals surface area contributed by atoms with Crippen LogP contribution in [0.5, 0.6) is 0 Å². The molecule has 32 heavy (non-hydrogen) atoms. The molecule has 0 spiro atoms. The standard InChI is InChI=1S/C26H24INO4/c1-17(27)24(25(29)31-15-18-9-3-2-4-10-18)28-26(30)32-16-23-21-13-7-5-11-19(21)20-12-6-8-14-22(20)23/h2-14,17,23-24H,15-16H2,1H3,(H,28,30)/t17-,24-/m0/s1. The Morgan fingerprint density at radius 1 is 0.875 bits per heavy atom. The molecule has 3 aromatic carbocycles. The Kier molecular flexibility index (Phi) is 7.09. The molecule has 4 rings (SSSR count). The second-order valence-electron chi connectivity index (χ2n) is 7.72. The van der Waals surface area contributed by atoms with E-state index in [1.807, 2.05) is 61.5 Å². The predicted molar refractivity (Wildman–Crippen MR) is 132 cm³/mol. The number of rotatable bonds is 7. The number of carbonyl (C=O) groups excluding carboxylic acids is 2. The van der Waals surface area contributed by atoms with Gasteiger partial charge in [-0.3, -0.25) is 0 Å². The van der Waals surface area contributed by atoms with Crippen molar-refractivity contribution in [1.82, 2.24) is 5.32 Å². The average Bonchev–Trinajstić information content (AvgIpc) is 3.14.